The van der Waals surface area contributed by atoms with Crippen molar-refractivity contribution in [1.82, 2.24) is 0 Å². The molecular weight excluding hydrogens is 336 g/mol. The van der Waals surface area contributed by atoms with Gasteiger partial charge in [0.2, 0.25) is 0 Å². The molecular formula is C20H28O6. The van der Waals surface area contributed by atoms with Crippen LogP contribution in [0.25, 0.3) is 0 Å². The number of aliphatic hydroxyl groups is 1. The van der Waals surface area contributed by atoms with Crippen LogP contribution in [0.1, 0.15) is 58.8 Å². The second-order valence-corrected chi connectivity index (χ2v) is 9.56. The van der Waals surface area contributed by atoms with Crippen LogP contribution in [0, 0.1) is 22.7 Å². The fraction of sp³-hybridized carbons (Fsp3) is 0.900. The maximum Gasteiger partial charge on any atom is 0.338 e. The molecule has 1 unspecified atom stereocenters. The van der Waals surface area contributed by atoms with Crippen molar-refractivity contribution in [2.24, 2.45) is 22.7 Å². The van der Waals surface area contributed by atoms with Crippen LogP contribution in [0.3, 0.4) is 0 Å². The highest BCUT2D eigenvalue weighted by molar-refractivity contribution is 5.82. The molecule has 0 aromatic rings. The Kier molecular flexibility index (Phi) is 3.28. The summed E-state index contributed by atoms with van der Waals surface area (Å²) in [4.78, 5) is 25.1. The van der Waals surface area contributed by atoms with E-state index in [4.69, 9.17) is 14.2 Å². The van der Waals surface area contributed by atoms with E-state index in [2.05, 4.69) is 6.92 Å². The molecule has 6 nitrogen and oxygen atoms in total. The van der Waals surface area contributed by atoms with Crippen LogP contribution in [-0.2, 0) is 23.8 Å². The van der Waals surface area contributed by atoms with Crippen molar-refractivity contribution in [3.05, 3.63) is 0 Å². The lowest BCUT2D eigenvalue weighted by atomic mass is 9.42. The molecule has 0 radical (unpaired) electrons. The largest absolute Gasteiger partial charge is 0.465 e. The summed E-state index contributed by atoms with van der Waals surface area (Å²) in [7, 11) is 0. The standard InChI is InChI=1S/C20H28O6/c1-12-10-13(21)14-17(2)4-3-5-18(14,11-25-15(17)22)20(12)7-6-19(26-20)8-9-24-16(19)23/h12-14,21H,3-11H2,1-2H3/t12-,13-,14+,17+,18-,19?,20-/m1/s1. The van der Waals surface area contributed by atoms with Gasteiger partial charge in [0.05, 0.1) is 23.7 Å². The van der Waals surface area contributed by atoms with Gasteiger partial charge < -0.3 is 19.3 Å². The van der Waals surface area contributed by atoms with E-state index in [9.17, 15) is 14.7 Å². The van der Waals surface area contributed by atoms with Crippen molar-refractivity contribution >= 4 is 11.9 Å². The summed E-state index contributed by atoms with van der Waals surface area (Å²) < 4.78 is 17.7. The Morgan fingerprint density at radius 3 is 2.58 bits per heavy atom. The second-order valence-electron chi connectivity index (χ2n) is 9.56. The van der Waals surface area contributed by atoms with Crippen LogP contribution in [0.5, 0.6) is 0 Å². The molecule has 0 aromatic heterocycles. The molecule has 7 atom stereocenters. The first-order valence-electron chi connectivity index (χ1n) is 10.0. The van der Waals surface area contributed by atoms with Crippen LogP contribution in [-0.4, -0.2) is 47.6 Å². The van der Waals surface area contributed by atoms with Gasteiger partial charge in [-0.15, -0.1) is 0 Å². The molecule has 5 fully saturated rings. The van der Waals surface area contributed by atoms with Gasteiger partial charge in [-0.3, -0.25) is 4.79 Å². The highest BCUT2D eigenvalue weighted by Gasteiger charge is 2.76. The lowest BCUT2D eigenvalue weighted by molar-refractivity contribution is -0.302. The van der Waals surface area contributed by atoms with Crippen LogP contribution in [0.2, 0.25) is 0 Å². The molecule has 2 bridgehead atoms. The van der Waals surface area contributed by atoms with Crippen LogP contribution < -0.4 is 0 Å². The van der Waals surface area contributed by atoms with Gasteiger partial charge in [0.1, 0.15) is 6.61 Å². The van der Waals surface area contributed by atoms with Gasteiger partial charge in [-0.05, 0) is 44.9 Å². The van der Waals surface area contributed by atoms with Crippen molar-refractivity contribution in [3.63, 3.8) is 0 Å². The predicted octanol–water partition coefficient (Wildman–Crippen LogP) is 1.97. The Balaban J connectivity index is 1.64. The summed E-state index contributed by atoms with van der Waals surface area (Å²) in [6.07, 6.45) is 4.61. The lowest BCUT2D eigenvalue weighted by Gasteiger charge is -2.67. The van der Waals surface area contributed by atoms with E-state index in [-0.39, 0.29) is 23.8 Å². The zero-order chi connectivity index (χ0) is 18.4. The average molecular weight is 364 g/mol. The smallest absolute Gasteiger partial charge is 0.338 e. The zero-order valence-electron chi connectivity index (χ0n) is 15.6. The summed E-state index contributed by atoms with van der Waals surface area (Å²) in [5, 5.41) is 11.1. The van der Waals surface area contributed by atoms with E-state index in [0.29, 0.717) is 32.5 Å². The lowest BCUT2D eigenvalue weighted by Crippen LogP contribution is -2.73. The summed E-state index contributed by atoms with van der Waals surface area (Å²) in [6, 6.07) is 0. The van der Waals surface area contributed by atoms with E-state index >= 15 is 0 Å². The van der Waals surface area contributed by atoms with E-state index < -0.39 is 28.1 Å². The minimum Gasteiger partial charge on any atom is -0.465 e. The topological polar surface area (TPSA) is 82.1 Å². The quantitative estimate of drug-likeness (QED) is 0.662. The van der Waals surface area contributed by atoms with Gasteiger partial charge in [-0.25, -0.2) is 4.79 Å². The fourth-order valence-electron chi connectivity index (χ4n) is 7.41. The summed E-state index contributed by atoms with van der Waals surface area (Å²) >= 11 is 0. The minimum absolute atomic E-state index is 0.0978. The number of aliphatic hydroxyl groups excluding tert-OH is 1. The molecule has 2 spiro atoms. The van der Waals surface area contributed by atoms with Gasteiger partial charge in [0.15, 0.2) is 5.60 Å². The van der Waals surface area contributed by atoms with Crippen molar-refractivity contribution in [1.29, 1.82) is 0 Å². The third-order valence-corrected chi connectivity index (χ3v) is 8.54. The third-order valence-electron chi connectivity index (χ3n) is 8.54. The number of carbonyl (C=O) groups is 2. The first-order valence-corrected chi connectivity index (χ1v) is 10.0. The van der Waals surface area contributed by atoms with Crippen molar-refractivity contribution in [3.8, 4) is 0 Å². The highest BCUT2D eigenvalue weighted by Crippen LogP contribution is 2.70. The number of carbonyl (C=O) groups excluding carboxylic acids is 2. The Morgan fingerprint density at radius 1 is 1.04 bits per heavy atom. The molecule has 144 valence electrons. The molecule has 0 amide bonds. The van der Waals surface area contributed by atoms with Crippen LogP contribution >= 0.6 is 0 Å². The molecule has 26 heavy (non-hydrogen) atoms. The predicted molar refractivity (Wildman–Crippen MR) is 90.0 cm³/mol. The molecule has 5 aliphatic rings. The molecule has 2 saturated carbocycles. The Hall–Kier alpha value is -1.14. The summed E-state index contributed by atoms with van der Waals surface area (Å²) in [5.74, 6) is -0.504. The van der Waals surface area contributed by atoms with Crippen molar-refractivity contribution < 1.29 is 28.9 Å². The number of hydrogen-bond donors (Lipinski definition) is 1. The summed E-state index contributed by atoms with van der Waals surface area (Å²) in [5.41, 5.74) is -2.47. The third kappa shape index (κ3) is 1.71. The number of cyclic esters (lactones) is 2. The minimum atomic E-state index is -0.842. The number of esters is 2. The monoisotopic (exact) mass is 364 g/mol. The molecule has 3 saturated heterocycles. The molecule has 5 rings (SSSR count). The molecule has 3 aliphatic heterocycles. The van der Waals surface area contributed by atoms with E-state index in [1.54, 1.807) is 0 Å². The second kappa shape index (κ2) is 5.02. The molecule has 2 aliphatic carbocycles. The number of ether oxygens (including phenoxy) is 3. The molecule has 3 heterocycles. The highest BCUT2D eigenvalue weighted by atomic mass is 16.6. The Morgan fingerprint density at radius 2 is 1.85 bits per heavy atom. The number of rotatable bonds is 0. The first kappa shape index (κ1) is 17.0. The van der Waals surface area contributed by atoms with E-state index in [1.807, 2.05) is 6.92 Å². The average Bonchev–Trinajstić information content (AvgIpc) is 3.16. The van der Waals surface area contributed by atoms with Crippen molar-refractivity contribution in [2.75, 3.05) is 13.2 Å². The number of hydrogen-bond acceptors (Lipinski definition) is 6. The first-order chi connectivity index (χ1) is 12.3. The normalized spacial score (nSPS) is 55.7. The SMILES string of the molecule is C[C@@H]1C[C@@H](O)[C@@H]2[C@]3(CCC[C@]2(C)C(=O)OC3)[C@@]12CCC1(CCOC1=O)O2. The molecule has 1 N–H and O–H groups in total. The van der Waals surface area contributed by atoms with E-state index in [0.717, 1.165) is 25.7 Å². The van der Waals surface area contributed by atoms with Gasteiger partial charge in [0, 0.05) is 17.8 Å². The van der Waals surface area contributed by atoms with Crippen LogP contribution in [0.15, 0.2) is 0 Å². The summed E-state index contributed by atoms with van der Waals surface area (Å²) in [6.45, 7) is 4.78. The van der Waals surface area contributed by atoms with Gasteiger partial charge >= 0.3 is 11.9 Å². The molecule has 6 heteroatoms. The fourth-order valence-corrected chi connectivity index (χ4v) is 7.41. The Labute approximate surface area is 153 Å². The van der Waals surface area contributed by atoms with Gasteiger partial charge in [0.25, 0.3) is 0 Å². The van der Waals surface area contributed by atoms with Gasteiger partial charge in [-0.1, -0.05) is 13.3 Å². The van der Waals surface area contributed by atoms with Crippen LogP contribution in [0.4, 0.5) is 0 Å². The zero-order valence-corrected chi connectivity index (χ0v) is 15.6. The Bertz CT molecular complexity index is 677. The maximum absolute atomic E-state index is 12.7. The van der Waals surface area contributed by atoms with Crippen molar-refractivity contribution in [2.45, 2.75) is 76.1 Å². The van der Waals surface area contributed by atoms with E-state index in [1.165, 1.54) is 0 Å². The maximum atomic E-state index is 12.7. The van der Waals surface area contributed by atoms with Gasteiger partial charge in [-0.2, -0.15) is 0 Å². The molecule has 0 aromatic carbocycles.